The van der Waals surface area contributed by atoms with Gasteiger partial charge in [-0.25, -0.2) is 9.37 Å². The first-order chi connectivity index (χ1) is 12.6. The first-order valence-corrected chi connectivity index (χ1v) is 9.29. The molecule has 2 N–H and O–H groups in total. The molecule has 0 aliphatic carbocycles. The summed E-state index contributed by atoms with van der Waals surface area (Å²) in [6.45, 7) is 0.495. The van der Waals surface area contributed by atoms with Gasteiger partial charge in [0, 0.05) is 17.1 Å². The molecule has 1 amide bonds. The van der Waals surface area contributed by atoms with Crippen molar-refractivity contribution in [2.75, 3.05) is 12.3 Å². The van der Waals surface area contributed by atoms with Crippen molar-refractivity contribution in [3.8, 4) is 11.4 Å². The number of nitrogens with zero attached hydrogens (tertiary/aromatic N) is 2. The summed E-state index contributed by atoms with van der Waals surface area (Å²) in [4.78, 5) is 16.3. The maximum Gasteiger partial charge on any atom is 0.230 e. The Morgan fingerprint density at radius 2 is 1.88 bits per heavy atom. The third-order valence-corrected chi connectivity index (χ3v) is 4.66. The van der Waals surface area contributed by atoms with Gasteiger partial charge in [-0.05, 0) is 48.4 Å². The van der Waals surface area contributed by atoms with Gasteiger partial charge in [0.15, 0.2) is 5.82 Å². The largest absolute Gasteiger partial charge is 0.355 e. The van der Waals surface area contributed by atoms with Gasteiger partial charge in [-0.1, -0.05) is 35.5 Å². The number of amides is 1. The summed E-state index contributed by atoms with van der Waals surface area (Å²) in [7, 11) is 0. The number of aromatic amines is 1. The Labute approximate surface area is 159 Å². The highest BCUT2D eigenvalue weighted by molar-refractivity contribution is 7.99. The number of rotatable bonds is 7. The zero-order valence-corrected chi connectivity index (χ0v) is 15.3. The van der Waals surface area contributed by atoms with Gasteiger partial charge in [-0.15, -0.1) is 5.10 Å². The SMILES string of the molecule is O=C(CSc1n[nH]c(-c2ccc(Cl)cc2)n1)NCCc1ccc(F)cc1. The van der Waals surface area contributed by atoms with Gasteiger partial charge in [0.05, 0.1) is 5.75 Å². The van der Waals surface area contributed by atoms with Crippen molar-refractivity contribution in [1.29, 1.82) is 0 Å². The average molecular weight is 391 g/mol. The number of hydrogen-bond donors (Lipinski definition) is 2. The Balaban J connectivity index is 1.43. The van der Waals surface area contributed by atoms with Crippen LogP contribution in [0.1, 0.15) is 5.56 Å². The average Bonchev–Trinajstić information content (AvgIpc) is 3.11. The number of aromatic nitrogens is 3. The Kier molecular flexibility index (Phi) is 6.25. The van der Waals surface area contributed by atoms with E-state index in [2.05, 4.69) is 20.5 Å². The van der Waals surface area contributed by atoms with Gasteiger partial charge in [-0.3, -0.25) is 9.89 Å². The standard InChI is InChI=1S/C18H16ClFN4OS/c19-14-5-3-13(4-6-14)17-22-18(24-23-17)26-11-16(25)21-10-9-12-1-7-15(20)8-2-12/h1-8H,9-11H2,(H,21,25)(H,22,23,24). The van der Waals surface area contributed by atoms with Crippen LogP contribution < -0.4 is 5.32 Å². The number of halogens is 2. The minimum absolute atomic E-state index is 0.102. The van der Waals surface area contributed by atoms with Crippen LogP contribution in [0.4, 0.5) is 4.39 Å². The molecule has 5 nitrogen and oxygen atoms in total. The van der Waals surface area contributed by atoms with E-state index in [1.54, 1.807) is 24.3 Å². The van der Waals surface area contributed by atoms with Crippen molar-refractivity contribution in [3.05, 3.63) is 64.9 Å². The lowest BCUT2D eigenvalue weighted by Crippen LogP contribution is -2.27. The molecule has 26 heavy (non-hydrogen) atoms. The van der Waals surface area contributed by atoms with E-state index in [0.29, 0.717) is 29.0 Å². The van der Waals surface area contributed by atoms with E-state index >= 15 is 0 Å². The first kappa shape index (κ1) is 18.4. The molecule has 0 saturated heterocycles. The predicted octanol–water partition coefficient (Wildman–Crippen LogP) is 3.72. The van der Waals surface area contributed by atoms with Crippen LogP contribution in [-0.4, -0.2) is 33.4 Å². The molecule has 2 aromatic carbocycles. The molecule has 3 aromatic rings. The zero-order chi connectivity index (χ0) is 18.4. The Hall–Kier alpha value is -2.38. The molecule has 0 bridgehead atoms. The minimum atomic E-state index is -0.265. The second-order valence-electron chi connectivity index (χ2n) is 5.49. The lowest BCUT2D eigenvalue weighted by molar-refractivity contribution is -0.118. The van der Waals surface area contributed by atoms with Crippen LogP contribution in [0.2, 0.25) is 5.02 Å². The molecule has 0 aliphatic rings. The highest BCUT2D eigenvalue weighted by Gasteiger charge is 2.09. The fourth-order valence-electron chi connectivity index (χ4n) is 2.23. The molecule has 8 heteroatoms. The molecular weight excluding hydrogens is 375 g/mol. The monoisotopic (exact) mass is 390 g/mol. The lowest BCUT2D eigenvalue weighted by Gasteiger charge is -2.04. The van der Waals surface area contributed by atoms with Gasteiger partial charge < -0.3 is 5.32 Å². The van der Waals surface area contributed by atoms with Gasteiger partial charge in [-0.2, -0.15) is 0 Å². The van der Waals surface area contributed by atoms with E-state index < -0.39 is 0 Å². The summed E-state index contributed by atoms with van der Waals surface area (Å²) in [6.07, 6.45) is 0.651. The van der Waals surface area contributed by atoms with E-state index in [1.165, 1.54) is 23.9 Å². The van der Waals surface area contributed by atoms with E-state index in [4.69, 9.17) is 11.6 Å². The third kappa shape index (κ3) is 5.31. The molecule has 0 saturated carbocycles. The van der Waals surface area contributed by atoms with E-state index in [1.807, 2.05) is 12.1 Å². The van der Waals surface area contributed by atoms with Crippen LogP contribution in [0.25, 0.3) is 11.4 Å². The zero-order valence-electron chi connectivity index (χ0n) is 13.7. The van der Waals surface area contributed by atoms with Crippen molar-refractivity contribution in [1.82, 2.24) is 20.5 Å². The lowest BCUT2D eigenvalue weighted by atomic mass is 10.1. The van der Waals surface area contributed by atoms with E-state index in [-0.39, 0.29) is 17.5 Å². The van der Waals surface area contributed by atoms with Crippen LogP contribution in [-0.2, 0) is 11.2 Å². The normalized spacial score (nSPS) is 10.7. The summed E-state index contributed by atoms with van der Waals surface area (Å²) >= 11 is 7.12. The second kappa shape index (κ2) is 8.82. The van der Waals surface area contributed by atoms with Crippen LogP contribution in [0.15, 0.2) is 53.7 Å². The van der Waals surface area contributed by atoms with Crippen molar-refractivity contribution in [2.45, 2.75) is 11.6 Å². The van der Waals surface area contributed by atoms with Gasteiger partial charge in [0.2, 0.25) is 11.1 Å². The molecule has 134 valence electrons. The molecule has 0 spiro atoms. The van der Waals surface area contributed by atoms with Crippen LogP contribution in [0.5, 0.6) is 0 Å². The third-order valence-electron chi connectivity index (χ3n) is 3.56. The first-order valence-electron chi connectivity index (χ1n) is 7.92. The Morgan fingerprint density at radius 3 is 2.62 bits per heavy atom. The summed E-state index contributed by atoms with van der Waals surface area (Å²) in [6, 6.07) is 13.5. The highest BCUT2D eigenvalue weighted by Crippen LogP contribution is 2.20. The fourth-order valence-corrected chi connectivity index (χ4v) is 2.98. The molecule has 1 heterocycles. The number of carbonyl (C=O) groups is 1. The predicted molar refractivity (Wildman–Crippen MR) is 101 cm³/mol. The number of benzene rings is 2. The van der Waals surface area contributed by atoms with Crippen LogP contribution in [0.3, 0.4) is 0 Å². The van der Waals surface area contributed by atoms with Crippen molar-refractivity contribution >= 4 is 29.3 Å². The van der Waals surface area contributed by atoms with Crippen molar-refractivity contribution in [2.24, 2.45) is 0 Å². The molecule has 0 atom stereocenters. The minimum Gasteiger partial charge on any atom is -0.355 e. The molecular formula is C18H16ClFN4OS. The van der Waals surface area contributed by atoms with Crippen molar-refractivity contribution < 1.29 is 9.18 Å². The highest BCUT2D eigenvalue weighted by atomic mass is 35.5. The van der Waals surface area contributed by atoms with Crippen molar-refractivity contribution in [3.63, 3.8) is 0 Å². The Bertz CT molecular complexity index is 868. The summed E-state index contributed by atoms with van der Waals surface area (Å²) < 4.78 is 12.8. The Morgan fingerprint density at radius 1 is 1.15 bits per heavy atom. The van der Waals surface area contributed by atoms with E-state index in [0.717, 1.165) is 11.1 Å². The molecule has 0 unspecified atom stereocenters. The number of thioether (sulfide) groups is 1. The maximum absolute atomic E-state index is 12.8. The fraction of sp³-hybridized carbons (Fsp3) is 0.167. The smallest absolute Gasteiger partial charge is 0.230 e. The molecule has 0 aliphatic heterocycles. The number of carbonyl (C=O) groups excluding carboxylic acids is 1. The molecule has 0 radical (unpaired) electrons. The van der Waals surface area contributed by atoms with Crippen LogP contribution in [0, 0.1) is 5.82 Å². The quantitative estimate of drug-likeness (QED) is 0.603. The van der Waals surface area contributed by atoms with E-state index in [9.17, 15) is 9.18 Å². The van der Waals surface area contributed by atoms with Gasteiger partial charge in [0.1, 0.15) is 5.82 Å². The van der Waals surface area contributed by atoms with Gasteiger partial charge in [0.25, 0.3) is 0 Å². The van der Waals surface area contributed by atoms with Crippen LogP contribution >= 0.6 is 23.4 Å². The topological polar surface area (TPSA) is 70.7 Å². The maximum atomic E-state index is 12.8. The summed E-state index contributed by atoms with van der Waals surface area (Å²) in [5.41, 5.74) is 1.85. The summed E-state index contributed by atoms with van der Waals surface area (Å²) in [5, 5.41) is 10.9. The second-order valence-corrected chi connectivity index (χ2v) is 6.87. The number of nitrogens with one attached hydrogen (secondary N) is 2. The summed E-state index contributed by atoms with van der Waals surface area (Å²) in [5.74, 6) is 0.482. The van der Waals surface area contributed by atoms with Gasteiger partial charge >= 0.3 is 0 Å². The number of H-pyrrole nitrogens is 1. The molecule has 0 fully saturated rings. The molecule has 1 aromatic heterocycles. The number of hydrogen-bond acceptors (Lipinski definition) is 4. The molecule has 3 rings (SSSR count).